The first-order valence-corrected chi connectivity index (χ1v) is 7.32. The summed E-state index contributed by atoms with van der Waals surface area (Å²) in [5, 5.41) is 10.3. The van der Waals surface area contributed by atoms with Crippen molar-refractivity contribution in [3.8, 4) is 11.8 Å². The second kappa shape index (κ2) is 7.04. The maximum atomic E-state index is 11.5. The van der Waals surface area contributed by atoms with E-state index >= 15 is 0 Å². The van der Waals surface area contributed by atoms with Gasteiger partial charge >= 0.3 is 12.1 Å². The molecule has 2 rings (SSSR count). The lowest BCUT2D eigenvalue weighted by atomic mass is 10.1. The van der Waals surface area contributed by atoms with Gasteiger partial charge in [-0.2, -0.15) is 5.10 Å². The molecule has 0 saturated heterocycles. The van der Waals surface area contributed by atoms with E-state index in [4.69, 9.17) is 4.74 Å². The highest BCUT2D eigenvalue weighted by molar-refractivity contribution is 5.95. The van der Waals surface area contributed by atoms with E-state index < -0.39 is 17.7 Å². The third-order valence-corrected chi connectivity index (χ3v) is 2.91. The topological polar surface area (TPSA) is 93.3 Å². The second-order valence-corrected chi connectivity index (χ2v) is 5.98. The number of esters is 1. The molecule has 126 valence electrons. The molecule has 0 aliphatic heterocycles. The molecule has 2 N–H and O–H groups in total. The van der Waals surface area contributed by atoms with Gasteiger partial charge in [0.2, 0.25) is 0 Å². The van der Waals surface area contributed by atoms with E-state index in [-0.39, 0.29) is 6.54 Å². The molecule has 7 nitrogen and oxygen atoms in total. The van der Waals surface area contributed by atoms with Crippen LogP contribution >= 0.6 is 0 Å². The summed E-state index contributed by atoms with van der Waals surface area (Å²) in [5.41, 5.74) is 1.09. The third-order valence-electron chi connectivity index (χ3n) is 2.91. The molecular formula is C17H19N3O4. The van der Waals surface area contributed by atoms with E-state index in [2.05, 4.69) is 32.1 Å². The first-order valence-electron chi connectivity index (χ1n) is 7.32. The van der Waals surface area contributed by atoms with Crippen molar-refractivity contribution in [2.45, 2.75) is 26.4 Å². The zero-order valence-electron chi connectivity index (χ0n) is 14.0. The number of rotatable bonds is 2. The number of alkyl carbamates (subject to hydrolysis) is 1. The van der Waals surface area contributed by atoms with Gasteiger partial charge in [0.15, 0.2) is 0 Å². The highest BCUT2D eigenvalue weighted by atomic mass is 16.6. The van der Waals surface area contributed by atoms with Crippen molar-refractivity contribution in [2.75, 3.05) is 13.7 Å². The molecule has 0 radical (unpaired) electrons. The highest BCUT2D eigenvalue weighted by Gasteiger charge is 2.15. The maximum Gasteiger partial charge on any atom is 0.408 e. The molecule has 0 bridgehead atoms. The van der Waals surface area contributed by atoms with Gasteiger partial charge in [0, 0.05) is 5.39 Å². The number of fused-ring (bicyclic) bond motifs is 1. The van der Waals surface area contributed by atoms with Crippen LogP contribution in [0.3, 0.4) is 0 Å². The number of nitrogens with one attached hydrogen (secondary N) is 2. The minimum absolute atomic E-state index is 0.148. The highest BCUT2D eigenvalue weighted by Crippen LogP contribution is 2.17. The van der Waals surface area contributed by atoms with E-state index in [0.29, 0.717) is 16.8 Å². The average molecular weight is 329 g/mol. The third kappa shape index (κ3) is 4.49. The number of methoxy groups -OCH3 is 1. The maximum absolute atomic E-state index is 11.5. The zero-order chi connectivity index (χ0) is 17.7. The lowest BCUT2D eigenvalue weighted by Gasteiger charge is -2.18. The molecule has 0 aliphatic carbocycles. The molecule has 0 spiro atoms. The van der Waals surface area contributed by atoms with E-state index in [0.717, 1.165) is 5.39 Å². The monoisotopic (exact) mass is 329 g/mol. The largest absolute Gasteiger partial charge is 0.465 e. The Kier molecular flexibility index (Phi) is 5.09. The first-order chi connectivity index (χ1) is 11.3. The molecule has 1 amide bonds. The molecule has 2 aromatic rings. The van der Waals surface area contributed by atoms with Crippen LogP contribution in [0, 0.1) is 11.8 Å². The molecule has 0 unspecified atom stereocenters. The number of hydrogen-bond donors (Lipinski definition) is 2. The fourth-order valence-electron chi connectivity index (χ4n) is 1.92. The Morgan fingerprint density at radius 3 is 2.75 bits per heavy atom. The summed E-state index contributed by atoms with van der Waals surface area (Å²) in [6.07, 6.45) is -0.519. The Bertz CT molecular complexity index is 822. The van der Waals surface area contributed by atoms with Crippen molar-refractivity contribution >= 4 is 23.0 Å². The van der Waals surface area contributed by atoms with Crippen LogP contribution in [0.4, 0.5) is 4.79 Å². The van der Waals surface area contributed by atoms with Crippen LogP contribution in [-0.2, 0) is 9.47 Å². The summed E-state index contributed by atoms with van der Waals surface area (Å²) in [4.78, 5) is 23.0. The molecule has 1 aromatic carbocycles. The van der Waals surface area contributed by atoms with Crippen molar-refractivity contribution < 1.29 is 19.1 Å². The molecule has 0 saturated carbocycles. The summed E-state index contributed by atoms with van der Waals surface area (Å²) >= 11 is 0. The number of H-pyrrole nitrogens is 1. The Labute approximate surface area is 139 Å². The number of carbonyl (C=O) groups is 2. The smallest absolute Gasteiger partial charge is 0.408 e. The number of aromatic nitrogens is 2. The van der Waals surface area contributed by atoms with Gasteiger partial charge in [-0.05, 0) is 44.9 Å². The minimum atomic E-state index is -0.547. The number of hydrogen-bond acceptors (Lipinski definition) is 5. The van der Waals surface area contributed by atoms with Crippen LogP contribution in [0.5, 0.6) is 0 Å². The zero-order valence-corrected chi connectivity index (χ0v) is 14.0. The molecular weight excluding hydrogens is 310 g/mol. The summed E-state index contributed by atoms with van der Waals surface area (Å²) in [7, 11) is 1.33. The van der Waals surface area contributed by atoms with Gasteiger partial charge in [0.05, 0.1) is 24.7 Å². The van der Waals surface area contributed by atoms with Gasteiger partial charge in [-0.25, -0.2) is 9.59 Å². The van der Waals surface area contributed by atoms with Gasteiger partial charge in [-0.15, -0.1) is 0 Å². The SMILES string of the molecule is COC(=O)c1ccc2c(C#CCNC(=O)OC(C)(C)C)[nH]nc2c1. The molecule has 0 aliphatic rings. The number of amides is 1. The van der Waals surface area contributed by atoms with Crippen LogP contribution in [0.15, 0.2) is 18.2 Å². The van der Waals surface area contributed by atoms with Crippen molar-refractivity contribution in [3.63, 3.8) is 0 Å². The summed E-state index contributed by atoms with van der Waals surface area (Å²) in [5.74, 6) is 5.29. The van der Waals surface area contributed by atoms with Gasteiger partial charge in [0.25, 0.3) is 0 Å². The van der Waals surface area contributed by atoms with Crippen LogP contribution in [0.25, 0.3) is 10.9 Å². The van der Waals surface area contributed by atoms with Crippen LogP contribution in [-0.4, -0.2) is 41.5 Å². The normalized spacial score (nSPS) is 10.7. The summed E-state index contributed by atoms with van der Waals surface area (Å²) in [6, 6.07) is 5.02. The van der Waals surface area contributed by atoms with E-state index in [1.807, 2.05) is 0 Å². The molecule has 1 aromatic heterocycles. The Hall–Kier alpha value is -3.01. The molecule has 24 heavy (non-hydrogen) atoms. The van der Waals surface area contributed by atoms with Gasteiger partial charge < -0.3 is 14.8 Å². The number of aromatic amines is 1. The van der Waals surface area contributed by atoms with Crippen LogP contribution in [0.2, 0.25) is 0 Å². The second-order valence-electron chi connectivity index (χ2n) is 5.98. The van der Waals surface area contributed by atoms with Crippen molar-refractivity contribution in [1.29, 1.82) is 0 Å². The van der Waals surface area contributed by atoms with Gasteiger partial charge in [-0.1, -0.05) is 5.92 Å². The van der Waals surface area contributed by atoms with Crippen molar-refractivity contribution in [1.82, 2.24) is 15.5 Å². The first kappa shape index (κ1) is 17.3. The lowest BCUT2D eigenvalue weighted by molar-refractivity contribution is 0.0533. The Morgan fingerprint density at radius 2 is 2.08 bits per heavy atom. The Balaban J connectivity index is 2.04. The molecule has 1 heterocycles. The number of ether oxygens (including phenoxy) is 2. The van der Waals surface area contributed by atoms with E-state index in [1.54, 1.807) is 39.0 Å². The van der Waals surface area contributed by atoms with Crippen molar-refractivity contribution in [3.05, 3.63) is 29.5 Å². The Morgan fingerprint density at radius 1 is 1.33 bits per heavy atom. The lowest BCUT2D eigenvalue weighted by Crippen LogP contribution is -2.32. The number of nitrogens with zero attached hydrogens (tertiary/aromatic N) is 1. The fraction of sp³-hybridized carbons (Fsp3) is 0.353. The van der Waals surface area contributed by atoms with E-state index in [1.165, 1.54) is 7.11 Å². The van der Waals surface area contributed by atoms with Crippen LogP contribution < -0.4 is 5.32 Å². The van der Waals surface area contributed by atoms with Crippen molar-refractivity contribution in [2.24, 2.45) is 0 Å². The fourth-order valence-corrected chi connectivity index (χ4v) is 1.92. The van der Waals surface area contributed by atoms with E-state index in [9.17, 15) is 9.59 Å². The molecule has 7 heteroatoms. The number of carbonyl (C=O) groups excluding carboxylic acids is 2. The number of benzene rings is 1. The quantitative estimate of drug-likeness (QED) is 0.651. The minimum Gasteiger partial charge on any atom is -0.465 e. The summed E-state index contributed by atoms with van der Waals surface area (Å²) in [6.45, 7) is 5.52. The standard InChI is InChI=1S/C17H19N3O4/c1-17(2,3)24-16(22)18-9-5-6-13-12-8-7-11(15(21)23-4)10-14(12)20-19-13/h7-8,10H,9H2,1-4H3,(H,18,22)(H,19,20). The van der Waals surface area contributed by atoms with Gasteiger partial charge in [0.1, 0.15) is 11.3 Å². The van der Waals surface area contributed by atoms with Gasteiger partial charge in [-0.3, -0.25) is 5.10 Å². The molecule has 0 fully saturated rings. The summed E-state index contributed by atoms with van der Waals surface area (Å²) < 4.78 is 9.78. The van der Waals surface area contributed by atoms with Crippen LogP contribution in [0.1, 0.15) is 36.8 Å². The average Bonchev–Trinajstić information content (AvgIpc) is 2.91. The molecule has 0 atom stereocenters. The predicted octanol–water partition coefficient (Wildman–Crippen LogP) is 2.23. The predicted molar refractivity (Wildman–Crippen MR) is 88.5 cm³/mol.